The number of aliphatic carboxylic acids is 2. The van der Waals surface area contributed by atoms with Gasteiger partial charge in [0.15, 0.2) is 5.96 Å². The Morgan fingerprint density at radius 2 is 0.753 bits per heavy atom. The van der Waals surface area contributed by atoms with Crippen molar-refractivity contribution in [3.63, 3.8) is 0 Å². The first-order chi connectivity index (χ1) is 68.4. The molecule has 0 unspecified atom stereocenters. The van der Waals surface area contributed by atoms with Crippen molar-refractivity contribution in [1.82, 2.24) is 116 Å². The second-order valence-corrected chi connectivity index (χ2v) is 35.4. The number of fused-ring (bicyclic) bond motifs is 1. The predicted molar refractivity (Wildman–Crippen MR) is 513 cm³/mol. The number of hydrogen-bond donors (Lipinski definition) is 35. The van der Waals surface area contributed by atoms with Crippen LogP contribution in [0.5, 0.6) is 0 Å². The predicted octanol–water partition coefficient (Wildman–Crippen LogP) is -14.5. The zero-order chi connectivity index (χ0) is 111. The maximum absolute atomic E-state index is 14.7. The van der Waals surface area contributed by atoms with Gasteiger partial charge in [0.05, 0.1) is 76.1 Å². The van der Waals surface area contributed by atoms with Gasteiger partial charge in [0.2, 0.25) is 130 Å². The lowest BCUT2D eigenvalue weighted by atomic mass is 9.96. The van der Waals surface area contributed by atoms with E-state index in [1.165, 1.54) is 19.4 Å². The summed E-state index contributed by atoms with van der Waals surface area (Å²) in [5.41, 5.74) is 34.1. The largest absolute Gasteiger partial charge is 0.481 e. The molecule has 0 aliphatic heterocycles. The Kier molecular flexibility index (Phi) is 52.7. The summed E-state index contributed by atoms with van der Waals surface area (Å²) in [6, 6.07) is -26.4. The summed E-state index contributed by atoms with van der Waals surface area (Å²) < 4.78 is 0. The average Bonchev–Trinajstić information content (AvgIpc) is 1.66. The van der Waals surface area contributed by atoms with Crippen LogP contribution in [-0.2, 0) is 128 Å². The lowest BCUT2D eigenvalue weighted by Gasteiger charge is -2.30. The molecule has 21 atom stereocenters. The standard InChI is InChI=1S/C86H135N29O30S/c1-11-37(6)65(113-77(136)50(22-43-30-94-34-97-43)105-72(131)49(104-79(138)56(31-116)100-63(124)28-87)21-42-29-96-45-16-13-12-15-44(42)45)82(141)110-53(25-61(90)122)73(132)101-46(17-14-18-95-86(92)93)69(128)114-66(40(9)118)83(142)98-38(7)68(127)102-47(19-35(2)3)70(129)106-52(24-60(89)121)75(134)112-58(33-146)81(140)108-51(23-59(88)120)74(133)109-55(27-64(125)126)76(135)111-57(32-117)80(139)103-48(20-36(4)5)71(130)107-54(26-62(91)123)78(137)115-67(41(10)119)84(143)99-39(8)85(144)145/h12-13,15-16,29-30,34-41,46-58,65-67,96,116-119,146H,11,14,17-28,31-33,87H2,1-10H3,(H2,88,120)(H2,89,121)(H2,90,122)(H2,91,123)(H,94,97)(H,98,142)(H,99,143)(H,100,124)(H,101,132)(H,102,127)(H,103,139)(H,104,138)(H,105,131)(H,106,129)(H,107,130)(H,108,140)(H,109,133)(H,110,141)(H,111,135)(H,112,134)(H,113,136)(H,114,128)(H,115,137)(H,125,126)(H,144,145)(H4,92,93,95)/t37-,38-,39-,40+,41+,46-,47-,48-,49-,50-,51-,52-,53-,54-,55-,56-,57-,58-,65-,66-,67-/m0/s1. The third-order valence-corrected chi connectivity index (χ3v) is 22.2. The number of nitrogens with two attached hydrogens (primary N) is 6. The molecule has 2 heterocycles. The van der Waals surface area contributed by atoms with Gasteiger partial charge in [-0.25, -0.2) is 4.98 Å². The van der Waals surface area contributed by atoms with Gasteiger partial charge in [0.1, 0.15) is 109 Å². The summed E-state index contributed by atoms with van der Waals surface area (Å²) in [7, 11) is 0. The number of carboxylic acid groups (broad SMARTS) is 2. The highest BCUT2D eigenvalue weighted by Crippen LogP contribution is 2.21. The van der Waals surface area contributed by atoms with Crippen molar-refractivity contribution < 1.29 is 146 Å². The van der Waals surface area contributed by atoms with Crippen LogP contribution in [0.25, 0.3) is 10.9 Å². The highest BCUT2D eigenvalue weighted by molar-refractivity contribution is 7.80. The van der Waals surface area contributed by atoms with Crippen LogP contribution >= 0.6 is 12.6 Å². The first kappa shape index (κ1) is 125. The summed E-state index contributed by atoms with van der Waals surface area (Å²) in [5, 5.41) is 112. The molecule has 60 heteroatoms. The normalized spacial score (nSPS) is 15.5. The molecule has 0 spiro atoms. The van der Waals surface area contributed by atoms with Crippen molar-refractivity contribution in [1.29, 1.82) is 5.41 Å². The highest BCUT2D eigenvalue weighted by atomic mass is 32.1. The van der Waals surface area contributed by atoms with Crippen LogP contribution in [0, 0.1) is 23.2 Å². The lowest BCUT2D eigenvalue weighted by molar-refractivity contribution is -0.142. The Balaban J connectivity index is 1.88. The quantitative estimate of drug-likeness (QED) is 0.0108. The molecule has 0 radical (unpaired) electrons. The number of nitrogens with zero attached hydrogens (tertiary/aromatic N) is 1. The third-order valence-electron chi connectivity index (χ3n) is 21.8. The second kappa shape index (κ2) is 61.6. The van der Waals surface area contributed by atoms with E-state index >= 15 is 0 Å². The number of aromatic amines is 2. The van der Waals surface area contributed by atoms with Crippen LogP contribution in [0.15, 0.2) is 43.0 Å². The number of primary amides is 4. The number of carbonyl (C=O) groups is 24. The molecule has 22 amide bonds. The summed E-state index contributed by atoms with van der Waals surface area (Å²) in [6.45, 7) is 10.6. The van der Waals surface area contributed by atoms with Gasteiger partial charge >= 0.3 is 11.9 Å². The topological polar surface area (TPSA) is 984 Å². The fourth-order valence-electron chi connectivity index (χ4n) is 13.9. The van der Waals surface area contributed by atoms with Crippen molar-refractivity contribution in [2.75, 3.05) is 32.1 Å². The molecule has 0 aliphatic carbocycles. The molecule has 0 fully saturated rings. The van der Waals surface area contributed by atoms with E-state index < -0.39 is 351 Å². The number of hydrogen-bond acceptors (Lipinski definition) is 32. The van der Waals surface area contributed by atoms with Gasteiger partial charge in [-0.3, -0.25) is 120 Å². The van der Waals surface area contributed by atoms with Crippen molar-refractivity contribution in [2.24, 2.45) is 52.2 Å². The van der Waals surface area contributed by atoms with E-state index in [2.05, 4.69) is 113 Å². The fraction of sp³-hybridized carbons (Fsp3) is 0.581. The maximum atomic E-state index is 14.7. The molecule has 3 rings (SSSR count). The van der Waals surface area contributed by atoms with E-state index in [1.807, 2.05) is 16.0 Å². The first-order valence-electron chi connectivity index (χ1n) is 45.9. The Morgan fingerprint density at radius 3 is 1.16 bits per heavy atom. The highest BCUT2D eigenvalue weighted by Gasteiger charge is 2.43. The maximum Gasteiger partial charge on any atom is 0.325 e. The van der Waals surface area contributed by atoms with Crippen LogP contribution in [0.4, 0.5) is 0 Å². The van der Waals surface area contributed by atoms with Crippen LogP contribution in [0.1, 0.15) is 145 Å². The molecular formula is C86H135N29O30S. The zero-order valence-corrected chi connectivity index (χ0v) is 82.6. The van der Waals surface area contributed by atoms with E-state index in [4.69, 9.17) is 39.8 Å². The van der Waals surface area contributed by atoms with Gasteiger partial charge < -0.3 is 176 Å². The number of benzene rings is 1. The number of aliphatic hydroxyl groups excluding tert-OH is 4. The minimum atomic E-state index is -2.29. The van der Waals surface area contributed by atoms with E-state index in [0.29, 0.717) is 16.5 Å². The van der Waals surface area contributed by atoms with Gasteiger partial charge in [0, 0.05) is 48.4 Å². The van der Waals surface area contributed by atoms with Gasteiger partial charge in [-0.1, -0.05) is 66.2 Å². The second-order valence-electron chi connectivity index (χ2n) is 35.1. The Labute approximate surface area is 840 Å². The molecule has 0 aliphatic rings. The molecule has 40 N–H and O–H groups in total. The van der Waals surface area contributed by atoms with Crippen molar-refractivity contribution in [3.05, 3.63) is 54.2 Å². The average molecular weight is 2090 g/mol. The summed E-state index contributed by atoms with van der Waals surface area (Å²) in [5.74, 6) is -33.7. The molecule has 0 bridgehead atoms. The number of thiol groups is 1. The number of nitrogens with one attached hydrogen (secondary N) is 22. The number of carboxylic acids is 2. The summed E-state index contributed by atoms with van der Waals surface area (Å²) >= 11 is 4.09. The van der Waals surface area contributed by atoms with Crippen LogP contribution in [0.2, 0.25) is 0 Å². The number of imidazole rings is 1. The molecule has 59 nitrogen and oxygen atoms in total. The zero-order valence-electron chi connectivity index (χ0n) is 81.7. The number of H-pyrrole nitrogens is 2. The molecule has 810 valence electrons. The van der Waals surface area contributed by atoms with Crippen LogP contribution < -0.4 is 135 Å². The molecule has 146 heavy (non-hydrogen) atoms. The molecular weight excluding hydrogens is 1950 g/mol. The molecule has 0 saturated carbocycles. The Morgan fingerprint density at radius 1 is 0.404 bits per heavy atom. The minimum absolute atomic E-state index is 0.119. The third kappa shape index (κ3) is 43.1. The number of para-hydroxylation sites is 1. The van der Waals surface area contributed by atoms with Crippen molar-refractivity contribution >= 4 is 171 Å². The minimum Gasteiger partial charge on any atom is -0.481 e. The van der Waals surface area contributed by atoms with E-state index in [0.717, 1.165) is 27.7 Å². The van der Waals surface area contributed by atoms with E-state index in [1.54, 1.807) is 65.1 Å². The number of amides is 22. The number of rotatable bonds is 66. The first-order valence-corrected chi connectivity index (χ1v) is 46.6. The molecule has 2 aromatic heterocycles. The van der Waals surface area contributed by atoms with E-state index in [9.17, 15) is 146 Å². The SMILES string of the molecule is CC[C@H](C)[C@H](NC(=O)[C@H](Cc1c[nH]cn1)NC(=O)[C@H](Cc1c[nH]c2ccccc12)NC(=O)[C@H](CO)NC(=O)CN)C(=O)N[C@@H](CC(N)=O)C(=O)N[C@@H](CCCNC(=N)N)C(=O)N[C@H](C(=O)N[C@@H](C)C(=O)N[C@@H](CC(C)C)C(=O)N[C@@H](CC(N)=O)C(=O)N[C@@H](CS)C(=O)N[C@@H](CC(N)=O)C(=O)N[C@@H](CC(=O)O)C(=O)N[C@@H](CO)C(=O)N[C@@H](CC(C)C)C(=O)N[C@@H](CC(N)=O)C(=O)N[C@H](C(=O)N[C@@H](C)C(=O)O)[C@@H](C)O)[C@@H](C)O. The number of guanidine groups is 1. The smallest absolute Gasteiger partial charge is 0.325 e. The fourth-order valence-corrected chi connectivity index (χ4v) is 14.2. The van der Waals surface area contributed by atoms with Crippen molar-refractivity contribution in [3.8, 4) is 0 Å². The van der Waals surface area contributed by atoms with Gasteiger partial charge in [-0.2, -0.15) is 12.6 Å². The van der Waals surface area contributed by atoms with Gasteiger partial charge in [-0.15, -0.1) is 0 Å². The van der Waals surface area contributed by atoms with Crippen LogP contribution in [-0.4, -0.2) is 346 Å². The lowest BCUT2D eigenvalue weighted by Crippen LogP contribution is -2.62. The van der Waals surface area contributed by atoms with Gasteiger partial charge in [0.25, 0.3) is 0 Å². The monoisotopic (exact) mass is 2090 g/mol. The Bertz CT molecular complexity index is 5120. The van der Waals surface area contributed by atoms with Crippen LogP contribution in [0.3, 0.4) is 0 Å². The molecule has 3 aromatic rings. The number of aliphatic hydroxyl groups is 4. The molecule has 1 aromatic carbocycles. The van der Waals surface area contributed by atoms with Gasteiger partial charge in [-0.05, 0) is 82.8 Å². The Hall–Kier alpha value is -15.3. The number of aromatic nitrogens is 3. The molecule has 0 saturated heterocycles. The number of carbonyl (C=O) groups excluding carboxylic acids is 22. The van der Waals surface area contributed by atoms with Crippen molar-refractivity contribution in [2.45, 2.75) is 267 Å². The summed E-state index contributed by atoms with van der Waals surface area (Å²) in [6.07, 6.45) is -6.43. The van der Waals surface area contributed by atoms with E-state index in [-0.39, 0.29) is 50.8 Å². The summed E-state index contributed by atoms with van der Waals surface area (Å²) in [4.78, 5) is 335.